The van der Waals surface area contributed by atoms with Crippen LogP contribution in [0.5, 0.6) is 0 Å². The molecule has 0 amide bonds. The Kier molecular flexibility index (Phi) is 7.17. The fraction of sp³-hybridized carbons (Fsp3) is 0.929. The quantitative estimate of drug-likeness (QED) is 0.407. The first-order valence-electron chi connectivity index (χ1n) is 6.77. The highest BCUT2D eigenvalue weighted by atomic mass is 14.2. The molecule has 0 aromatic heterocycles. The van der Waals surface area contributed by atoms with E-state index in [1.807, 2.05) is 0 Å². The molecule has 1 aliphatic rings. The van der Waals surface area contributed by atoms with Crippen molar-refractivity contribution in [3.63, 3.8) is 0 Å². The molecule has 1 rings (SSSR count). The van der Waals surface area contributed by atoms with Crippen molar-refractivity contribution in [3.05, 3.63) is 6.42 Å². The molecule has 0 N–H and O–H groups in total. The highest BCUT2D eigenvalue weighted by Gasteiger charge is 2.11. The molecule has 1 aliphatic carbocycles. The van der Waals surface area contributed by atoms with Crippen LogP contribution in [-0.2, 0) is 0 Å². The van der Waals surface area contributed by atoms with Crippen LogP contribution >= 0.6 is 0 Å². The molecule has 0 aromatic carbocycles. The summed E-state index contributed by atoms with van der Waals surface area (Å²) in [6, 6.07) is 0. The molecule has 0 bridgehead atoms. The van der Waals surface area contributed by atoms with Gasteiger partial charge in [0.15, 0.2) is 0 Å². The third kappa shape index (κ3) is 5.67. The van der Waals surface area contributed by atoms with Crippen molar-refractivity contribution in [2.24, 2.45) is 5.92 Å². The van der Waals surface area contributed by atoms with Crippen LogP contribution in [0.3, 0.4) is 0 Å². The van der Waals surface area contributed by atoms with Crippen LogP contribution in [0.2, 0.25) is 0 Å². The second kappa shape index (κ2) is 8.32. The summed E-state index contributed by atoms with van der Waals surface area (Å²) in [7, 11) is 0. The summed E-state index contributed by atoms with van der Waals surface area (Å²) in [5.41, 5.74) is 0. The van der Waals surface area contributed by atoms with Crippen molar-refractivity contribution in [2.75, 3.05) is 0 Å². The molecule has 0 saturated heterocycles. The lowest BCUT2D eigenvalue weighted by atomic mass is 9.93. The van der Waals surface area contributed by atoms with Crippen molar-refractivity contribution < 1.29 is 0 Å². The van der Waals surface area contributed by atoms with Crippen LogP contribution in [0.1, 0.15) is 77.6 Å². The molecule has 1 fully saturated rings. The Balaban J connectivity index is 1.93. The lowest BCUT2D eigenvalue weighted by molar-refractivity contribution is 0.495. The van der Waals surface area contributed by atoms with Gasteiger partial charge in [-0.1, -0.05) is 71.1 Å². The zero-order chi connectivity index (χ0) is 10.1. The van der Waals surface area contributed by atoms with Crippen LogP contribution < -0.4 is 0 Å². The van der Waals surface area contributed by atoms with E-state index in [2.05, 4.69) is 13.3 Å². The van der Waals surface area contributed by atoms with Crippen LogP contribution in [0.4, 0.5) is 0 Å². The van der Waals surface area contributed by atoms with Gasteiger partial charge in [-0.15, -0.1) is 0 Å². The molecule has 0 nitrogen and oxygen atoms in total. The van der Waals surface area contributed by atoms with Crippen LogP contribution in [0.15, 0.2) is 0 Å². The van der Waals surface area contributed by atoms with Gasteiger partial charge in [-0.05, 0) is 18.8 Å². The number of hydrogen-bond acceptors (Lipinski definition) is 0. The molecular formula is C14H27. The largest absolute Gasteiger partial charge is 0.0654 e. The predicted octanol–water partition coefficient (Wildman–Crippen LogP) is 5.13. The smallest absolute Gasteiger partial charge is 0.0355 e. The maximum absolute atomic E-state index is 2.63. The molecule has 0 atom stereocenters. The molecule has 83 valence electrons. The molecule has 0 heteroatoms. The van der Waals surface area contributed by atoms with Gasteiger partial charge in [-0.3, -0.25) is 0 Å². The average molecular weight is 195 g/mol. The van der Waals surface area contributed by atoms with Gasteiger partial charge in [0.2, 0.25) is 0 Å². The summed E-state index contributed by atoms with van der Waals surface area (Å²) < 4.78 is 0. The van der Waals surface area contributed by atoms with E-state index in [0.717, 1.165) is 5.92 Å². The van der Waals surface area contributed by atoms with Crippen LogP contribution in [0, 0.1) is 12.3 Å². The maximum atomic E-state index is 2.63. The van der Waals surface area contributed by atoms with Crippen LogP contribution in [-0.4, -0.2) is 0 Å². The van der Waals surface area contributed by atoms with E-state index in [0.29, 0.717) is 0 Å². The number of unbranched alkanes of at least 4 members (excludes halogenated alkanes) is 4. The lowest BCUT2D eigenvalue weighted by Crippen LogP contribution is -1.99. The third-order valence-electron chi connectivity index (χ3n) is 3.46. The normalized spacial score (nSPS) is 19.5. The van der Waals surface area contributed by atoms with Crippen molar-refractivity contribution >= 4 is 0 Å². The first-order chi connectivity index (χ1) is 6.93. The summed E-state index contributed by atoms with van der Waals surface area (Å²) >= 11 is 0. The second-order valence-corrected chi connectivity index (χ2v) is 4.84. The van der Waals surface area contributed by atoms with Gasteiger partial charge >= 0.3 is 0 Å². The zero-order valence-corrected chi connectivity index (χ0v) is 9.93. The van der Waals surface area contributed by atoms with Crippen molar-refractivity contribution in [3.8, 4) is 0 Å². The van der Waals surface area contributed by atoms with E-state index in [1.165, 1.54) is 70.6 Å². The molecular weight excluding hydrogens is 168 g/mol. The van der Waals surface area contributed by atoms with E-state index in [4.69, 9.17) is 0 Å². The fourth-order valence-electron chi connectivity index (χ4n) is 2.47. The standard InChI is InChI=1S/C14H27/c1-2-3-4-5-8-11-14-12-9-6-7-10-13-14/h11,14H,2-10,12-13H2,1H3. The Morgan fingerprint density at radius 3 is 2.29 bits per heavy atom. The molecule has 0 aliphatic heterocycles. The van der Waals surface area contributed by atoms with Gasteiger partial charge in [-0.25, -0.2) is 0 Å². The number of rotatable bonds is 6. The van der Waals surface area contributed by atoms with E-state index in [9.17, 15) is 0 Å². The summed E-state index contributed by atoms with van der Waals surface area (Å²) in [5.74, 6) is 0.971. The summed E-state index contributed by atoms with van der Waals surface area (Å²) in [4.78, 5) is 0. The number of hydrogen-bond donors (Lipinski definition) is 0. The van der Waals surface area contributed by atoms with Crippen LogP contribution in [0.25, 0.3) is 0 Å². The Morgan fingerprint density at radius 2 is 1.64 bits per heavy atom. The van der Waals surface area contributed by atoms with Gasteiger partial charge in [0.25, 0.3) is 0 Å². The molecule has 1 saturated carbocycles. The van der Waals surface area contributed by atoms with Crippen molar-refractivity contribution in [2.45, 2.75) is 77.6 Å². The Morgan fingerprint density at radius 1 is 0.929 bits per heavy atom. The Bertz CT molecular complexity index is 109. The van der Waals surface area contributed by atoms with Gasteiger partial charge in [0.1, 0.15) is 0 Å². The molecule has 0 unspecified atom stereocenters. The first-order valence-corrected chi connectivity index (χ1v) is 6.77. The maximum Gasteiger partial charge on any atom is -0.0355 e. The highest BCUT2D eigenvalue weighted by molar-refractivity contribution is 4.78. The van der Waals surface area contributed by atoms with Gasteiger partial charge < -0.3 is 0 Å². The average Bonchev–Trinajstić information content (AvgIpc) is 2.46. The molecule has 14 heavy (non-hydrogen) atoms. The first kappa shape index (κ1) is 12.1. The monoisotopic (exact) mass is 195 g/mol. The van der Waals surface area contributed by atoms with Crippen molar-refractivity contribution in [1.29, 1.82) is 0 Å². The van der Waals surface area contributed by atoms with E-state index in [1.54, 1.807) is 0 Å². The highest BCUT2D eigenvalue weighted by Crippen LogP contribution is 2.26. The summed E-state index contributed by atoms with van der Waals surface area (Å²) in [6.07, 6.45) is 18.6. The zero-order valence-electron chi connectivity index (χ0n) is 9.93. The minimum atomic E-state index is 0.971. The third-order valence-corrected chi connectivity index (χ3v) is 3.46. The Labute approximate surface area is 90.5 Å². The fourth-order valence-corrected chi connectivity index (χ4v) is 2.47. The minimum absolute atomic E-state index is 0.971. The van der Waals surface area contributed by atoms with Gasteiger partial charge in [0.05, 0.1) is 0 Å². The Hall–Kier alpha value is 0. The molecule has 0 heterocycles. The van der Waals surface area contributed by atoms with Gasteiger partial charge in [-0.2, -0.15) is 0 Å². The van der Waals surface area contributed by atoms with Crippen molar-refractivity contribution in [1.82, 2.24) is 0 Å². The topological polar surface area (TPSA) is 0 Å². The molecule has 0 spiro atoms. The summed E-state index contributed by atoms with van der Waals surface area (Å²) in [6.45, 7) is 2.29. The van der Waals surface area contributed by atoms with Gasteiger partial charge in [0, 0.05) is 0 Å². The van der Waals surface area contributed by atoms with E-state index >= 15 is 0 Å². The minimum Gasteiger partial charge on any atom is -0.0654 e. The predicted molar refractivity (Wildman–Crippen MR) is 64.3 cm³/mol. The molecule has 0 aromatic rings. The summed E-state index contributed by atoms with van der Waals surface area (Å²) in [5, 5.41) is 0. The SMILES string of the molecule is CCCCCC[CH]C1CCCCCC1. The lowest BCUT2D eigenvalue weighted by Gasteiger charge is -2.12. The van der Waals surface area contributed by atoms with E-state index in [-0.39, 0.29) is 0 Å². The van der Waals surface area contributed by atoms with E-state index < -0.39 is 0 Å². The second-order valence-electron chi connectivity index (χ2n) is 4.84. The molecule has 1 radical (unpaired) electrons.